The fourth-order valence-electron chi connectivity index (χ4n) is 2.25. The van der Waals surface area contributed by atoms with Gasteiger partial charge in [0.15, 0.2) is 5.75 Å². The summed E-state index contributed by atoms with van der Waals surface area (Å²) in [6, 6.07) is 6.95. The number of benzene rings is 1. The van der Waals surface area contributed by atoms with Crippen LogP contribution in [0.25, 0.3) is 5.69 Å². The first-order chi connectivity index (χ1) is 9.33. The first-order valence-corrected chi connectivity index (χ1v) is 6.49. The van der Waals surface area contributed by atoms with E-state index in [1.54, 1.807) is 30.6 Å². The molecule has 0 amide bonds. The lowest BCUT2D eigenvalue weighted by atomic mass is 10.2. The van der Waals surface area contributed by atoms with Crippen LogP contribution in [-0.2, 0) is 0 Å². The second kappa shape index (κ2) is 5.40. The van der Waals surface area contributed by atoms with Crippen LogP contribution in [0.4, 0.5) is 4.39 Å². The number of para-hydroxylation sites is 1. The third kappa shape index (κ3) is 2.76. The molecule has 1 fully saturated rings. The minimum Gasteiger partial charge on any atom is -0.489 e. The molecular weight excluding hydrogens is 245 g/mol. The van der Waals surface area contributed by atoms with Crippen LogP contribution in [0.2, 0.25) is 0 Å². The topological polar surface area (TPSA) is 39.1 Å². The number of hydrogen-bond acceptors (Lipinski definition) is 3. The van der Waals surface area contributed by atoms with Crippen LogP contribution in [0.1, 0.15) is 12.8 Å². The third-order valence-corrected chi connectivity index (χ3v) is 3.27. The predicted octanol–water partition coefficient (Wildman–Crippen LogP) is 2.14. The molecule has 1 saturated heterocycles. The Labute approximate surface area is 111 Å². The van der Waals surface area contributed by atoms with Gasteiger partial charge in [0.1, 0.15) is 18.1 Å². The number of nitrogens with one attached hydrogen (secondary N) is 1. The quantitative estimate of drug-likeness (QED) is 0.916. The fourth-order valence-corrected chi connectivity index (χ4v) is 2.25. The van der Waals surface area contributed by atoms with Crippen molar-refractivity contribution in [3.63, 3.8) is 0 Å². The van der Waals surface area contributed by atoms with E-state index in [2.05, 4.69) is 10.4 Å². The Morgan fingerprint density at radius 1 is 1.42 bits per heavy atom. The van der Waals surface area contributed by atoms with Gasteiger partial charge >= 0.3 is 0 Å². The van der Waals surface area contributed by atoms with Crippen molar-refractivity contribution in [3.8, 4) is 11.4 Å². The van der Waals surface area contributed by atoms with Crippen LogP contribution in [0.5, 0.6) is 5.75 Å². The van der Waals surface area contributed by atoms with Gasteiger partial charge in [-0.25, -0.2) is 9.07 Å². The highest BCUT2D eigenvalue weighted by molar-refractivity contribution is 5.33. The summed E-state index contributed by atoms with van der Waals surface area (Å²) in [5.41, 5.74) is 0.427. The average Bonchev–Trinajstić information content (AvgIpc) is 3.08. The number of aromatic nitrogens is 2. The van der Waals surface area contributed by atoms with Crippen molar-refractivity contribution in [1.82, 2.24) is 15.1 Å². The molecular formula is C14H16FN3O. The van der Waals surface area contributed by atoms with Crippen molar-refractivity contribution < 1.29 is 9.13 Å². The van der Waals surface area contributed by atoms with E-state index < -0.39 is 0 Å². The maximum Gasteiger partial charge on any atom is 0.157 e. The zero-order valence-corrected chi connectivity index (χ0v) is 10.6. The monoisotopic (exact) mass is 261 g/mol. The predicted molar refractivity (Wildman–Crippen MR) is 70.0 cm³/mol. The molecule has 100 valence electrons. The number of rotatable bonds is 4. The molecule has 0 aliphatic carbocycles. The molecule has 0 radical (unpaired) electrons. The second-order valence-corrected chi connectivity index (χ2v) is 4.68. The van der Waals surface area contributed by atoms with Gasteiger partial charge in [-0.05, 0) is 31.5 Å². The van der Waals surface area contributed by atoms with E-state index in [0.717, 1.165) is 13.0 Å². The molecule has 0 spiro atoms. The molecule has 5 heteroatoms. The van der Waals surface area contributed by atoms with Crippen LogP contribution in [0.15, 0.2) is 36.7 Å². The Hall–Kier alpha value is -1.88. The smallest absolute Gasteiger partial charge is 0.157 e. The highest BCUT2D eigenvalue weighted by atomic mass is 19.1. The van der Waals surface area contributed by atoms with E-state index >= 15 is 0 Å². The standard InChI is InChI=1S/C14H16FN3O/c15-13-5-1-2-6-14(13)18-9-12(8-17-18)19-10-11-4-3-7-16-11/h1-2,5-6,8-9,11,16H,3-4,7,10H2. The lowest BCUT2D eigenvalue weighted by molar-refractivity contribution is 0.277. The molecule has 1 aromatic heterocycles. The van der Waals surface area contributed by atoms with Crippen LogP contribution >= 0.6 is 0 Å². The molecule has 1 N–H and O–H groups in total. The molecule has 2 aromatic rings. The SMILES string of the molecule is Fc1ccccc1-n1cc(OCC2CCCN2)cn1. The van der Waals surface area contributed by atoms with Crippen molar-refractivity contribution in [2.24, 2.45) is 0 Å². The molecule has 1 aliphatic heterocycles. The van der Waals surface area contributed by atoms with Gasteiger partial charge < -0.3 is 10.1 Å². The number of hydrogen-bond donors (Lipinski definition) is 1. The third-order valence-electron chi connectivity index (χ3n) is 3.27. The zero-order valence-electron chi connectivity index (χ0n) is 10.6. The number of ether oxygens (including phenoxy) is 1. The van der Waals surface area contributed by atoms with Crippen molar-refractivity contribution >= 4 is 0 Å². The summed E-state index contributed by atoms with van der Waals surface area (Å²) in [5.74, 6) is 0.367. The summed E-state index contributed by atoms with van der Waals surface area (Å²) in [7, 11) is 0. The number of nitrogens with zero attached hydrogens (tertiary/aromatic N) is 2. The van der Waals surface area contributed by atoms with E-state index in [9.17, 15) is 4.39 Å². The fraction of sp³-hybridized carbons (Fsp3) is 0.357. The van der Waals surface area contributed by atoms with Gasteiger partial charge in [0.05, 0.1) is 12.4 Å². The van der Waals surface area contributed by atoms with Crippen LogP contribution in [-0.4, -0.2) is 29.0 Å². The van der Waals surface area contributed by atoms with Crippen LogP contribution in [0, 0.1) is 5.82 Å². The van der Waals surface area contributed by atoms with Crippen molar-refractivity contribution in [2.75, 3.05) is 13.2 Å². The molecule has 1 atom stereocenters. The van der Waals surface area contributed by atoms with Gasteiger partial charge in [-0.3, -0.25) is 0 Å². The first kappa shape index (κ1) is 12.2. The summed E-state index contributed by atoms with van der Waals surface area (Å²) in [6.45, 7) is 1.69. The summed E-state index contributed by atoms with van der Waals surface area (Å²) < 4.78 is 20.8. The summed E-state index contributed by atoms with van der Waals surface area (Å²) in [5, 5.41) is 7.49. The largest absolute Gasteiger partial charge is 0.489 e. The molecule has 19 heavy (non-hydrogen) atoms. The van der Waals surface area contributed by atoms with Gasteiger partial charge in [0, 0.05) is 6.04 Å². The lowest BCUT2D eigenvalue weighted by Gasteiger charge is -2.10. The normalized spacial score (nSPS) is 18.7. The van der Waals surface area contributed by atoms with Gasteiger partial charge in [-0.1, -0.05) is 12.1 Å². The molecule has 1 unspecified atom stereocenters. The van der Waals surface area contributed by atoms with E-state index in [1.165, 1.54) is 17.2 Å². The minimum atomic E-state index is -0.297. The van der Waals surface area contributed by atoms with Crippen LogP contribution < -0.4 is 10.1 Å². The molecule has 3 rings (SSSR count). The minimum absolute atomic E-state index is 0.297. The summed E-state index contributed by atoms with van der Waals surface area (Å²) >= 11 is 0. The second-order valence-electron chi connectivity index (χ2n) is 4.68. The average molecular weight is 261 g/mol. The van der Waals surface area contributed by atoms with E-state index in [4.69, 9.17) is 4.74 Å². The Morgan fingerprint density at radius 3 is 3.11 bits per heavy atom. The van der Waals surface area contributed by atoms with E-state index in [1.807, 2.05) is 0 Å². The van der Waals surface area contributed by atoms with E-state index in [0.29, 0.717) is 24.1 Å². The van der Waals surface area contributed by atoms with E-state index in [-0.39, 0.29) is 5.82 Å². The van der Waals surface area contributed by atoms with Crippen LogP contribution in [0.3, 0.4) is 0 Å². The summed E-state index contributed by atoms with van der Waals surface area (Å²) in [4.78, 5) is 0. The van der Waals surface area contributed by atoms with Gasteiger partial charge in [-0.15, -0.1) is 0 Å². The highest BCUT2D eigenvalue weighted by Gasteiger charge is 2.15. The van der Waals surface area contributed by atoms with Gasteiger partial charge in [0.2, 0.25) is 0 Å². The first-order valence-electron chi connectivity index (χ1n) is 6.49. The lowest BCUT2D eigenvalue weighted by Crippen LogP contribution is -2.28. The molecule has 0 bridgehead atoms. The van der Waals surface area contributed by atoms with Gasteiger partial charge in [-0.2, -0.15) is 5.10 Å². The maximum atomic E-state index is 13.6. The Balaban J connectivity index is 1.67. The Morgan fingerprint density at radius 2 is 2.32 bits per heavy atom. The van der Waals surface area contributed by atoms with Crippen molar-refractivity contribution in [1.29, 1.82) is 0 Å². The zero-order chi connectivity index (χ0) is 13.1. The highest BCUT2D eigenvalue weighted by Crippen LogP contribution is 2.17. The summed E-state index contributed by atoms with van der Waals surface area (Å²) in [6.07, 6.45) is 5.65. The Kier molecular flexibility index (Phi) is 3.46. The molecule has 4 nitrogen and oxygen atoms in total. The van der Waals surface area contributed by atoms with Gasteiger partial charge in [0.25, 0.3) is 0 Å². The van der Waals surface area contributed by atoms with Crippen molar-refractivity contribution in [3.05, 3.63) is 42.5 Å². The van der Waals surface area contributed by atoms with Crippen molar-refractivity contribution in [2.45, 2.75) is 18.9 Å². The number of halogens is 1. The molecule has 0 saturated carbocycles. The maximum absolute atomic E-state index is 13.6. The Bertz CT molecular complexity index is 549. The molecule has 2 heterocycles. The molecule has 1 aliphatic rings. The molecule has 1 aromatic carbocycles.